The molecule has 2 heterocycles. The number of carbonyl (C=O) groups excluding carboxylic acids is 5. The zero-order valence-electron chi connectivity index (χ0n) is 38.7. The van der Waals surface area contributed by atoms with Crippen molar-refractivity contribution in [2.24, 2.45) is 16.7 Å². The smallest absolute Gasteiger partial charge is 0.408 e. The molecule has 2 aromatic rings. The lowest BCUT2D eigenvalue weighted by Crippen LogP contribution is -2.81. The molecular weight excluding hydrogens is 857 g/mol. The Bertz CT molecular complexity index is 2170. The molecule has 0 radical (unpaired) electrons. The Balaban J connectivity index is 1.30. The molecule has 2 aliphatic heterocycles. The van der Waals surface area contributed by atoms with Crippen LogP contribution in [0.2, 0.25) is 0 Å². The molecule has 2 saturated carbocycles. The van der Waals surface area contributed by atoms with Gasteiger partial charge in [-0.1, -0.05) is 62.4 Å². The second kappa shape index (κ2) is 18.7. The first-order valence-corrected chi connectivity index (χ1v) is 22.7. The van der Waals surface area contributed by atoms with Gasteiger partial charge in [0.05, 0.1) is 43.0 Å². The highest BCUT2D eigenvalue weighted by atomic mass is 16.6. The molecule has 1 unspecified atom stereocenters. The first kappa shape index (κ1) is 49.2. The molecule has 1 amide bonds. The summed E-state index contributed by atoms with van der Waals surface area (Å²) in [4.78, 5) is 73.5. The van der Waals surface area contributed by atoms with Crippen LogP contribution in [0.15, 0.2) is 71.8 Å². The van der Waals surface area contributed by atoms with Crippen LogP contribution in [0.3, 0.4) is 0 Å². The fourth-order valence-corrected chi connectivity index (χ4v) is 10.7. The molecule has 5 aliphatic rings. The molecule has 3 aliphatic carbocycles. The van der Waals surface area contributed by atoms with Gasteiger partial charge in [-0.05, 0) is 76.4 Å². The van der Waals surface area contributed by atoms with E-state index in [0.717, 1.165) is 0 Å². The summed E-state index contributed by atoms with van der Waals surface area (Å²) in [6.45, 7) is 13.8. The van der Waals surface area contributed by atoms with E-state index in [0.29, 0.717) is 44.8 Å². The molecule has 66 heavy (non-hydrogen) atoms. The second-order valence-electron chi connectivity index (χ2n) is 20.0. The molecule has 11 atom stereocenters. The van der Waals surface area contributed by atoms with Gasteiger partial charge < -0.3 is 54.2 Å². The van der Waals surface area contributed by atoms with E-state index in [1.54, 1.807) is 83.1 Å². The molecule has 4 fully saturated rings. The Morgan fingerprint density at radius 2 is 1.58 bits per heavy atom. The largest absolute Gasteiger partial charge is 0.455 e. The Kier molecular flexibility index (Phi) is 14.0. The molecule has 17 heteroatoms. The SMILES string of the molecule is CC1=C2[C@@H](O)C(=O)[C@@]3(C)C([C@H](OC(=O)c4ccccc4)[C@](O)(C[C@@H]1OC(=O)[C@H](OC(=O)CCCN1CCOCC1)[C@@H](NC(=O)OC(C)(C)C)c1ccccc1)C2(C)C)[C@]1(O)CO[C@@H]1C[C@@H]3O. The molecule has 5 N–H and O–H groups in total. The number of esters is 3. The van der Waals surface area contributed by atoms with Gasteiger partial charge in [-0.25, -0.2) is 14.4 Å². The summed E-state index contributed by atoms with van der Waals surface area (Å²) >= 11 is 0. The zero-order chi connectivity index (χ0) is 48.0. The predicted molar refractivity (Wildman–Crippen MR) is 234 cm³/mol. The van der Waals surface area contributed by atoms with E-state index in [4.69, 9.17) is 28.4 Å². The Hall–Kier alpha value is -4.75. The number of nitrogens with one attached hydrogen (secondary N) is 1. The normalized spacial score (nSPS) is 32.7. The number of hydrogen-bond donors (Lipinski definition) is 5. The Morgan fingerprint density at radius 1 is 0.939 bits per heavy atom. The summed E-state index contributed by atoms with van der Waals surface area (Å²) in [5.41, 5.74) is -8.37. The van der Waals surface area contributed by atoms with E-state index in [2.05, 4.69) is 10.2 Å². The van der Waals surface area contributed by atoms with Crippen molar-refractivity contribution in [3.8, 4) is 0 Å². The molecule has 2 bridgehead atoms. The zero-order valence-corrected chi connectivity index (χ0v) is 38.7. The lowest BCUT2D eigenvalue weighted by molar-refractivity contribution is -0.343. The van der Waals surface area contributed by atoms with Crippen LogP contribution < -0.4 is 5.32 Å². The number of rotatable bonds is 12. The topological polar surface area (TPSA) is 237 Å². The lowest BCUT2D eigenvalue weighted by Gasteiger charge is -2.66. The Morgan fingerprint density at radius 3 is 2.18 bits per heavy atom. The van der Waals surface area contributed by atoms with Gasteiger partial charge in [0.2, 0.25) is 6.10 Å². The van der Waals surface area contributed by atoms with Crippen LogP contribution in [0, 0.1) is 16.7 Å². The highest BCUT2D eigenvalue weighted by molar-refractivity contribution is 5.94. The van der Waals surface area contributed by atoms with E-state index in [1.807, 2.05) is 0 Å². The number of morpholine rings is 1. The van der Waals surface area contributed by atoms with Crippen molar-refractivity contribution in [2.75, 3.05) is 39.5 Å². The van der Waals surface area contributed by atoms with Crippen molar-refractivity contribution >= 4 is 29.8 Å². The third-order valence-electron chi connectivity index (χ3n) is 14.5. The number of alkyl carbamates (subject to hydrolysis) is 1. The average molecular weight is 921 g/mol. The van der Waals surface area contributed by atoms with Gasteiger partial charge in [0.15, 0.2) is 5.78 Å². The third kappa shape index (κ3) is 9.15. The summed E-state index contributed by atoms with van der Waals surface area (Å²) in [5, 5.41) is 52.8. The Labute approximate surface area is 384 Å². The summed E-state index contributed by atoms with van der Waals surface area (Å²) in [5.74, 6) is -5.32. The number of aliphatic hydroxyl groups excluding tert-OH is 2. The van der Waals surface area contributed by atoms with Crippen molar-refractivity contribution in [2.45, 2.75) is 134 Å². The molecule has 2 aromatic carbocycles. The van der Waals surface area contributed by atoms with Crippen LogP contribution in [0.5, 0.6) is 0 Å². The molecule has 17 nitrogen and oxygen atoms in total. The monoisotopic (exact) mass is 920 g/mol. The van der Waals surface area contributed by atoms with Crippen molar-refractivity contribution in [3.63, 3.8) is 0 Å². The van der Waals surface area contributed by atoms with Crippen molar-refractivity contribution in [1.29, 1.82) is 0 Å². The van der Waals surface area contributed by atoms with Gasteiger partial charge in [0.25, 0.3) is 0 Å². The maximum atomic E-state index is 15.0. The summed E-state index contributed by atoms with van der Waals surface area (Å²) < 4.78 is 35.3. The minimum absolute atomic E-state index is 0.0613. The number of Topliss-reactive ketones (excluding diaryl/α,β-unsaturated/α-hetero) is 1. The van der Waals surface area contributed by atoms with Crippen LogP contribution in [-0.4, -0.2) is 148 Å². The number of ether oxygens (including phenoxy) is 6. The molecule has 0 aromatic heterocycles. The van der Waals surface area contributed by atoms with Gasteiger partial charge in [-0.2, -0.15) is 0 Å². The number of ketones is 1. The van der Waals surface area contributed by atoms with Gasteiger partial charge in [-0.3, -0.25) is 14.5 Å². The third-order valence-corrected chi connectivity index (χ3v) is 14.5. The fourth-order valence-electron chi connectivity index (χ4n) is 10.7. The van der Waals surface area contributed by atoms with Gasteiger partial charge in [0, 0.05) is 43.7 Å². The molecule has 0 spiro atoms. The van der Waals surface area contributed by atoms with Crippen molar-refractivity contribution < 1.29 is 72.8 Å². The maximum Gasteiger partial charge on any atom is 0.408 e. The van der Waals surface area contributed by atoms with Gasteiger partial charge in [0.1, 0.15) is 41.2 Å². The first-order valence-electron chi connectivity index (χ1n) is 22.7. The van der Waals surface area contributed by atoms with Crippen molar-refractivity contribution in [3.05, 3.63) is 82.9 Å². The maximum absolute atomic E-state index is 15.0. The van der Waals surface area contributed by atoms with Crippen LogP contribution >= 0.6 is 0 Å². The van der Waals surface area contributed by atoms with E-state index < -0.39 is 112 Å². The fraction of sp³-hybridized carbons (Fsp3) is 0.612. The number of aliphatic hydroxyl groups is 4. The molecule has 360 valence electrons. The lowest BCUT2D eigenvalue weighted by atomic mass is 9.44. The van der Waals surface area contributed by atoms with E-state index in [-0.39, 0.29) is 36.2 Å². The highest BCUT2D eigenvalue weighted by Crippen LogP contribution is 2.63. The quantitative estimate of drug-likeness (QED) is 0.117. The van der Waals surface area contributed by atoms with Crippen LogP contribution in [0.4, 0.5) is 4.79 Å². The summed E-state index contributed by atoms with van der Waals surface area (Å²) in [6, 6.07) is 14.8. The predicted octanol–water partition coefficient (Wildman–Crippen LogP) is 3.35. The van der Waals surface area contributed by atoms with Crippen LogP contribution in [0.25, 0.3) is 0 Å². The number of nitrogens with zero attached hydrogens (tertiary/aromatic N) is 1. The number of benzene rings is 2. The average Bonchev–Trinajstić information content (AvgIpc) is 3.26. The number of amides is 1. The van der Waals surface area contributed by atoms with E-state index >= 15 is 0 Å². The number of carbonyl (C=O) groups is 5. The van der Waals surface area contributed by atoms with Gasteiger partial charge in [-0.15, -0.1) is 0 Å². The summed E-state index contributed by atoms with van der Waals surface area (Å²) in [6.07, 6.45) is -11.1. The molecular formula is C49H64N2O15. The van der Waals surface area contributed by atoms with Crippen molar-refractivity contribution in [1.82, 2.24) is 10.2 Å². The standard InChI is InChI=1S/C49H64N2O15/c1-28-31(63-43(57)38(64-34(53)19-14-20-51-21-23-61-24-22-51)36(29-15-10-8-11-16-29)50-44(58)66-45(2,3)4)26-49(60)41(65-42(56)30-17-12-9-13-18-30)39-47(7,32(52)25-33-48(39,59)27-62-33)40(55)37(54)35(28)46(49,5)6/h8-13,15-18,31-33,36-39,41,52,54,59-60H,14,19-27H2,1-7H3,(H,50,58)/t31-,32-,33+,36-,37+,38+,39?,41-,47+,48-,49+/m0/s1. The van der Waals surface area contributed by atoms with Crippen LogP contribution in [-0.2, 0) is 42.8 Å². The number of hydrogen-bond acceptors (Lipinski definition) is 16. The van der Waals surface area contributed by atoms with E-state index in [9.17, 15) is 44.4 Å². The second-order valence-corrected chi connectivity index (χ2v) is 20.0. The van der Waals surface area contributed by atoms with Gasteiger partial charge >= 0.3 is 24.0 Å². The molecule has 7 rings (SSSR count). The highest BCUT2D eigenvalue weighted by Gasteiger charge is 2.76. The summed E-state index contributed by atoms with van der Waals surface area (Å²) in [7, 11) is 0. The number of fused-ring (bicyclic) bond motifs is 5. The minimum Gasteiger partial charge on any atom is -0.455 e. The van der Waals surface area contributed by atoms with E-state index in [1.165, 1.54) is 26.0 Å². The van der Waals surface area contributed by atoms with Crippen LogP contribution in [0.1, 0.15) is 96.1 Å². The molecule has 2 saturated heterocycles. The minimum atomic E-state index is -2.36. The first-order chi connectivity index (χ1) is 31.0.